The number of nitrogens with one attached hydrogen (secondary N) is 1. The molecule has 2 aliphatic heterocycles. The minimum atomic E-state index is -0.292. The number of rotatable bonds is 6. The van der Waals surface area contributed by atoms with Crippen LogP contribution in [0.15, 0.2) is 6.20 Å². The summed E-state index contributed by atoms with van der Waals surface area (Å²) >= 11 is 0. The lowest BCUT2D eigenvalue weighted by atomic mass is 9.61. The van der Waals surface area contributed by atoms with E-state index in [0.29, 0.717) is 18.5 Å². The number of nitrogens with zero attached hydrogens (tertiary/aromatic N) is 3. The highest BCUT2D eigenvalue weighted by Crippen LogP contribution is 2.48. The van der Waals surface area contributed by atoms with Crippen molar-refractivity contribution in [3.63, 3.8) is 0 Å². The van der Waals surface area contributed by atoms with Gasteiger partial charge in [-0.2, -0.15) is 0 Å². The maximum atomic E-state index is 13.8. The average molecular weight is 445 g/mol. The van der Waals surface area contributed by atoms with Gasteiger partial charge in [-0.15, -0.1) is 0 Å². The van der Waals surface area contributed by atoms with Gasteiger partial charge in [0.2, 0.25) is 5.91 Å². The van der Waals surface area contributed by atoms with Gasteiger partial charge in [0.25, 0.3) is 0 Å². The Labute approximate surface area is 192 Å². The van der Waals surface area contributed by atoms with Crippen molar-refractivity contribution in [1.29, 1.82) is 0 Å². The van der Waals surface area contributed by atoms with Gasteiger partial charge < -0.3 is 19.7 Å². The molecule has 1 aliphatic carbocycles. The quantitative estimate of drug-likeness (QED) is 0.727. The number of aryl methyl sites for hydroxylation is 1. The lowest BCUT2D eigenvalue weighted by Crippen LogP contribution is -2.60. The van der Waals surface area contributed by atoms with Gasteiger partial charge in [-0.1, -0.05) is 6.92 Å². The number of hydrogen-bond donors (Lipinski definition) is 1. The average Bonchev–Trinajstić information content (AvgIpc) is 2.83. The second-order valence-corrected chi connectivity index (χ2v) is 9.82. The molecule has 1 aromatic rings. The van der Waals surface area contributed by atoms with Crippen LogP contribution in [-0.4, -0.2) is 79.8 Å². The molecule has 7 nitrogen and oxygen atoms in total. The Kier molecular flexibility index (Phi) is 7.37. The van der Waals surface area contributed by atoms with E-state index in [2.05, 4.69) is 27.0 Å². The van der Waals surface area contributed by atoms with E-state index < -0.39 is 0 Å². The predicted molar refractivity (Wildman–Crippen MR) is 125 cm³/mol. The van der Waals surface area contributed by atoms with Crippen LogP contribution in [0.4, 0.5) is 0 Å². The molecule has 2 saturated heterocycles. The zero-order valence-electron chi connectivity index (χ0n) is 20.3. The second-order valence-electron chi connectivity index (χ2n) is 9.82. The van der Waals surface area contributed by atoms with Crippen LogP contribution in [0.5, 0.6) is 5.75 Å². The highest BCUT2D eigenvalue weighted by molar-refractivity contribution is 5.83. The van der Waals surface area contributed by atoms with Crippen molar-refractivity contribution in [2.45, 2.75) is 59.0 Å². The van der Waals surface area contributed by atoms with E-state index in [1.165, 1.54) is 0 Å². The molecule has 0 spiro atoms. The summed E-state index contributed by atoms with van der Waals surface area (Å²) in [5.41, 5.74) is 2.63. The third kappa shape index (κ3) is 4.52. The van der Waals surface area contributed by atoms with Crippen LogP contribution in [-0.2, 0) is 16.1 Å². The van der Waals surface area contributed by atoms with Crippen LogP contribution < -0.4 is 10.1 Å². The predicted octanol–water partition coefficient (Wildman–Crippen LogP) is 2.54. The monoisotopic (exact) mass is 444 g/mol. The molecule has 178 valence electrons. The summed E-state index contributed by atoms with van der Waals surface area (Å²) in [6, 6.07) is 0.586. The van der Waals surface area contributed by atoms with Crippen molar-refractivity contribution in [2.24, 2.45) is 11.3 Å². The van der Waals surface area contributed by atoms with Crippen LogP contribution in [0, 0.1) is 25.2 Å². The molecule has 3 fully saturated rings. The molecule has 3 atom stereocenters. The van der Waals surface area contributed by atoms with Gasteiger partial charge in [-0.05, 0) is 58.5 Å². The number of aromatic nitrogens is 1. The fourth-order valence-electron chi connectivity index (χ4n) is 6.22. The Balaban J connectivity index is 1.49. The van der Waals surface area contributed by atoms with Crippen molar-refractivity contribution in [2.75, 3.05) is 53.0 Å². The highest BCUT2D eigenvalue weighted by atomic mass is 16.5. The number of likely N-dealkylation sites (tertiary alicyclic amines) is 1. The lowest BCUT2D eigenvalue weighted by molar-refractivity contribution is -0.145. The molecule has 1 aromatic heterocycles. The van der Waals surface area contributed by atoms with E-state index in [9.17, 15) is 4.79 Å². The Hall–Kier alpha value is -1.70. The number of fused-ring (bicyclic) bond motifs is 1. The Morgan fingerprint density at radius 3 is 2.78 bits per heavy atom. The summed E-state index contributed by atoms with van der Waals surface area (Å²) < 4.78 is 11.1. The minimum Gasteiger partial charge on any atom is -0.496 e. The van der Waals surface area contributed by atoms with E-state index in [4.69, 9.17) is 9.47 Å². The van der Waals surface area contributed by atoms with Gasteiger partial charge in [0.15, 0.2) is 0 Å². The van der Waals surface area contributed by atoms with E-state index >= 15 is 0 Å². The SMILES string of the molecule is CCN1CC[C@@H]2C[C@@H](N3CCOCC3)CC[C@@]2(C(=O)NCc2ncc(C)c(OC)c2C)C1. The number of piperidine rings is 1. The molecule has 3 heterocycles. The zero-order chi connectivity index (χ0) is 22.7. The Morgan fingerprint density at radius 1 is 1.28 bits per heavy atom. The lowest BCUT2D eigenvalue weighted by Gasteiger charge is -2.53. The van der Waals surface area contributed by atoms with Crippen molar-refractivity contribution in [1.82, 2.24) is 20.1 Å². The minimum absolute atomic E-state index is 0.210. The molecule has 32 heavy (non-hydrogen) atoms. The molecule has 3 aliphatic rings. The van der Waals surface area contributed by atoms with Crippen molar-refractivity contribution in [3.8, 4) is 5.75 Å². The topological polar surface area (TPSA) is 66.9 Å². The molecule has 1 N–H and O–H groups in total. The third-order valence-corrected chi connectivity index (χ3v) is 8.19. The number of pyridine rings is 1. The van der Waals surface area contributed by atoms with E-state index in [1.54, 1.807) is 7.11 Å². The molecule has 0 radical (unpaired) electrons. The maximum absolute atomic E-state index is 13.8. The number of carbonyl (C=O) groups is 1. The molecule has 4 rings (SSSR count). The number of amides is 1. The highest BCUT2D eigenvalue weighted by Gasteiger charge is 2.52. The van der Waals surface area contributed by atoms with E-state index in [-0.39, 0.29) is 11.3 Å². The van der Waals surface area contributed by atoms with E-state index in [0.717, 1.165) is 94.2 Å². The number of ether oxygens (including phenoxy) is 2. The smallest absolute Gasteiger partial charge is 0.228 e. The summed E-state index contributed by atoms with van der Waals surface area (Å²) in [6.45, 7) is 13.4. The van der Waals surface area contributed by atoms with Gasteiger partial charge in [0.1, 0.15) is 5.75 Å². The first-order valence-electron chi connectivity index (χ1n) is 12.3. The van der Waals surface area contributed by atoms with Gasteiger partial charge in [-0.3, -0.25) is 14.7 Å². The van der Waals surface area contributed by atoms with Crippen molar-refractivity contribution in [3.05, 3.63) is 23.0 Å². The second kappa shape index (κ2) is 10.1. The first-order chi connectivity index (χ1) is 15.5. The number of morpholine rings is 1. The third-order valence-electron chi connectivity index (χ3n) is 8.19. The fourth-order valence-corrected chi connectivity index (χ4v) is 6.22. The standard InChI is InChI=1S/C25H40N4O3/c1-5-28-9-7-20-14-21(29-10-12-32-13-11-29)6-8-25(20,17-28)24(30)27-16-22-19(3)23(31-4)18(2)15-26-22/h15,20-21H,5-14,16-17H2,1-4H3,(H,27,30)/t20-,21+,25-/m1/s1. The van der Waals surface area contributed by atoms with Crippen LogP contribution in [0.3, 0.4) is 0 Å². The van der Waals surface area contributed by atoms with Crippen LogP contribution in [0.1, 0.15) is 49.4 Å². The molecule has 1 amide bonds. The summed E-state index contributed by atoms with van der Waals surface area (Å²) in [5.74, 6) is 1.51. The van der Waals surface area contributed by atoms with Gasteiger partial charge in [0.05, 0.1) is 38.0 Å². The Bertz CT molecular complexity index is 811. The van der Waals surface area contributed by atoms with Gasteiger partial charge >= 0.3 is 0 Å². The maximum Gasteiger partial charge on any atom is 0.228 e. The normalized spacial score (nSPS) is 29.4. The van der Waals surface area contributed by atoms with Gasteiger partial charge in [-0.25, -0.2) is 0 Å². The molecule has 0 bridgehead atoms. The van der Waals surface area contributed by atoms with E-state index in [1.807, 2.05) is 20.0 Å². The Morgan fingerprint density at radius 2 is 2.06 bits per heavy atom. The molecular weight excluding hydrogens is 404 g/mol. The fraction of sp³-hybridized carbons (Fsp3) is 0.760. The van der Waals surface area contributed by atoms with Crippen LogP contribution >= 0.6 is 0 Å². The molecule has 7 heteroatoms. The van der Waals surface area contributed by atoms with Crippen molar-refractivity contribution >= 4 is 5.91 Å². The first-order valence-corrected chi connectivity index (χ1v) is 12.3. The van der Waals surface area contributed by atoms with Crippen LogP contribution in [0.25, 0.3) is 0 Å². The molecule has 0 aromatic carbocycles. The van der Waals surface area contributed by atoms with Gasteiger partial charge in [0, 0.05) is 43.0 Å². The summed E-state index contributed by atoms with van der Waals surface area (Å²) in [4.78, 5) is 23.4. The summed E-state index contributed by atoms with van der Waals surface area (Å²) in [7, 11) is 1.69. The summed E-state index contributed by atoms with van der Waals surface area (Å²) in [5, 5.41) is 3.29. The first kappa shape index (κ1) is 23.5. The molecule has 0 unspecified atom stereocenters. The molecular formula is C25H40N4O3. The largest absolute Gasteiger partial charge is 0.496 e. The van der Waals surface area contributed by atoms with Crippen LogP contribution in [0.2, 0.25) is 0 Å². The van der Waals surface area contributed by atoms with Crippen molar-refractivity contribution < 1.29 is 14.3 Å². The number of hydrogen-bond acceptors (Lipinski definition) is 6. The number of methoxy groups -OCH3 is 1. The number of carbonyl (C=O) groups excluding carboxylic acids is 1. The zero-order valence-corrected chi connectivity index (χ0v) is 20.3. The molecule has 1 saturated carbocycles. The summed E-state index contributed by atoms with van der Waals surface area (Å²) in [6.07, 6.45) is 6.13.